The van der Waals surface area contributed by atoms with Gasteiger partial charge in [0.2, 0.25) is 0 Å². The average molecular weight is 357 g/mol. The molecule has 0 saturated heterocycles. The zero-order chi connectivity index (χ0) is 15.6. The maximum atomic E-state index is 11.4. The zero-order valence-electron chi connectivity index (χ0n) is 12.3. The van der Waals surface area contributed by atoms with Gasteiger partial charge in [0.05, 0.1) is 18.6 Å². The van der Waals surface area contributed by atoms with Crippen molar-refractivity contribution in [3.8, 4) is 5.75 Å². The van der Waals surface area contributed by atoms with Crippen molar-refractivity contribution in [2.45, 2.75) is 32.8 Å². The lowest BCUT2D eigenvalue weighted by Gasteiger charge is -2.24. The minimum Gasteiger partial charge on any atom is -0.493 e. The molecule has 2 N–H and O–H groups in total. The summed E-state index contributed by atoms with van der Waals surface area (Å²) in [7, 11) is 0. The number of carboxylic acids is 1. The molecule has 0 heterocycles. The molecule has 0 bridgehead atoms. The quantitative estimate of drug-likeness (QED) is 0.845. The van der Waals surface area contributed by atoms with Gasteiger partial charge in [-0.05, 0) is 43.9 Å². The third-order valence-corrected chi connectivity index (χ3v) is 4.65. The summed E-state index contributed by atoms with van der Waals surface area (Å²) >= 11 is 3.40. The van der Waals surface area contributed by atoms with Gasteiger partial charge in [-0.15, -0.1) is 0 Å². The van der Waals surface area contributed by atoms with E-state index in [-0.39, 0.29) is 5.92 Å². The maximum Gasteiger partial charge on any atom is 0.306 e. The molecule has 4 nitrogen and oxygen atoms in total. The van der Waals surface area contributed by atoms with Gasteiger partial charge in [-0.3, -0.25) is 4.79 Å². The lowest BCUT2D eigenvalue weighted by atomic mass is 9.86. The van der Waals surface area contributed by atoms with Crippen LogP contribution in [0.3, 0.4) is 0 Å². The van der Waals surface area contributed by atoms with Gasteiger partial charge in [0.15, 0.2) is 0 Å². The van der Waals surface area contributed by atoms with Crippen LogP contribution in [0.5, 0.6) is 5.75 Å². The van der Waals surface area contributed by atoms with Gasteiger partial charge in [-0.2, -0.15) is 0 Å². The Balaban J connectivity index is 2.32. The first-order valence-electron chi connectivity index (χ1n) is 7.27. The summed E-state index contributed by atoms with van der Waals surface area (Å²) in [5.41, 5.74) is 0.663. The number of rotatable bonds is 5. The molecule has 5 heteroatoms. The molecular formula is C16H21BrO4. The minimum absolute atomic E-state index is 0.272. The molecule has 1 saturated carbocycles. The Morgan fingerprint density at radius 2 is 2.19 bits per heavy atom. The summed E-state index contributed by atoms with van der Waals surface area (Å²) in [4.78, 5) is 11.4. The topological polar surface area (TPSA) is 66.8 Å². The highest BCUT2D eigenvalue weighted by Crippen LogP contribution is 2.45. The number of hydrogen-bond donors (Lipinski definition) is 2. The van der Waals surface area contributed by atoms with Crippen LogP contribution < -0.4 is 4.74 Å². The second-order valence-corrected chi connectivity index (χ2v) is 6.66. The van der Waals surface area contributed by atoms with Crippen LogP contribution in [0.2, 0.25) is 0 Å². The number of aliphatic hydroxyl groups is 1. The third-order valence-electron chi connectivity index (χ3n) is 4.16. The van der Waals surface area contributed by atoms with Crippen molar-refractivity contribution in [3.05, 3.63) is 28.2 Å². The zero-order valence-corrected chi connectivity index (χ0v) is 13.8. The van der Waals surface area contributed by atoms with E-state index < -0.39 is 18.0 Å². The molecule has 0 spiro atoms. The molecule has 1 aliphatic rings. The van der Waals surface area contributed by atoms with Crippen LogP contribution in [0.1, 0.15) is 38.4 Å². The Kier molecular flexibility index (Phi) is 5.27. The first-order chi connectivity index (χ1) is 9.93. The fourth-order valence-corrected chi connectivity index (χ4v) is 3.61. The number of hydrogen-bond acceptors (Lipinski definition) is 3. The van der Waals surface area contributed by atoms with E-state index >= 15 is 0 Å². The smallest absolute Gasteiger partial charge is 0.306 e. The van der Waals surface area contributed by atoms with Crippen LogP contribution in [0.15, 0.2) is 22.7 Å². The minimum atomic E-state index is -0.824. The standard InChI is InChI=1S/C16H21BrO4/c1-3-21-14-5-4-10(17)8-13(14)15(18)11-6-9(2)7-12(11)16(19)20/h4-5,8-9,11-12,15,18H,3,6-7H2,1-2H3,(H,19,20). The fourth-order valence-electron chi connectivity index (χ4n) is 3.23. The molecule has 0 amide bonds. The summed E-state index contributed by atoms with van der Waals surface area (Å²) in [6, 6.07) is 5.48. The molecule has 0 aromatic heterocycles. The summed E-state index contributed by atoms with van der Waals surface area (Å²) in [5.74, 6) is -0.656. The van der Waals surface area contributed by atoms with Crippen LogP contribution in [-0.2, 0) is 4.79 Å². The first kappa shape index (κ1) is 16.3. The molecule has 2 rings (SSSR count). The van der Waals surface area contributed by atoms with Crippen molar-refractivity contribution >= 4 is 21.9 Å². The fraction of sp³-hybridized carbons (Fsp3) is 0.562. The highest BCUT2D eigenvalue weighted by molar-refractivity contribution is 9.10. The Morgan fingerprint density at radius 1 is 1.48 bits per heavy atom. The van der Waals surface area contributed by atoms with Crippen molar-refractivity contribution in [1.29, 1.82) is 0 Å². The molecule has 1 aromatic carbocycles. The second kappa shape index (κ2) is 6.79. The second-order valence-electron chi connectivity index (χ2n) is 5.75. The van der Waals surface area contributed by atoms with E-state index in [0.717, 1.165) is 10.9 Å². The van der Waals surface area contributed by atoms with Crippen molar-refractivity contribution < 1.29 is 19.7 Å². The molecule has 4 atom stereocenters. The van der Waals surface area contributed by atoms with Gasteiger partial charge in [-0.25, -0.2) is 0 Å². The Morgan fingerprint density at radius 3 is 2.81 bits per heavy atom. The molecule has 21 heavy (non-hydrogen) atoms. The van der Waals surface area contributed by atoms with Crippen molar-refractivity contribution in [2.24, 2.45) is 17.8 Å². The summed E-state index contributed by atoms with van der Waals surface area (Å²) < 4.78 is 6.41. The number of benzene rings is 1. The molecule has 1 fully saturated rings. The van der Waals surface area contributed by atoms with E-state index in [0.29, 0.717) is 30.3 Å². The molecular weight excluding hydrogens is 336 g/mol. The van der Waals surface area contributed by atoms with Gasteiger partial charge in [0, 0.05) is 16.0 Å². The average Bonchev–Trinajstić information content (AvgIpc) is 2.82. The SMILES string of the molecule is CCOc1ccc(Br)cc1C(O)C1CC(C)CC1C(=O)O. The van der Waals surface area contributed by atoms with Crippen LogP contribution in [0, 0.1) is 17.8 Å². The van der Waals surface area contributed by atoms with E-state index in [1.807, 2.05) is 26.0 Å². The summed E-state index contributed by atoms with van der Waals surface area (Å²) in [6.07, 6.45) is 0.515. The maximum absolute atomic E-state index is 11.4. The Bertz CT molecular complexity index is 517. The third kappa shape index (κ3) is 3.58. The highest BCUT2D eigenvalue weighted by atomic mass is 79.9. The number of ether oxygens (including phenoxy) is 1. The van der Waals surface area contributed by atoms with Crippen LogP contribution in [0.4, 0.5) is 0 Å². The monoisotopic (exact) mass is 356 g/mol. The largest absolute Gasteiger partial charge is 0.493 e. The molecule has 1 aromatic rings. The van der Waals surface area contributed by atoms with Gasteiger partial charge in [0.25, 0.3) is 0 Å². The number of carboxylic acid groups (broad SMARTS) is 1. The van der Waals surface area contributed by atoms with E-state index in [9.17, 15) is 15.0 Å². The summed E-state index contributed by atoms with van der Waals surface area (Å²) in [6.45, 7) is 4.42. The van der Waals surface area contributed by atoms with Crippen molar-refractivity contribution in [2.75, 3.05) is 6.61 Å². The normalized spacial score (nSPS) is 26.6. The van der Waals surface area contributed by atoms with E-state index in [1.54, 1.807) is 6.07 Å². The van der Waals surface area contributed by atoms with E-state index in [2.05, 4.69) is 15.9 Å². The van der Waals surface area contributed by atoms with E-state index in [1.165, 1.54) is 0 Å². The van der Waals surface area contributed by atoms with Crippen LogP contribution >= 0.6 is 15.9 Å². The Hall–Kier alpha value is -1.07. The van der Waals surface area contributed by atoms with Crippen molar-refractivity contribution in [1.82, 2.24) is 0 Å². The van der Waals surface area contributed by atoms with E-state index in [4.69, 9.17) is 4.74 Å². The van der Waals surface area contributed by atoms with Gasteiger partial charge in [0.1, 0.15) is 5.75 Å². The van der Waals surface area contributed by atoms with Crippen LogP contribution in [-0.4, -0.2) is 22.8 Å². The van der Waals surface area contributed by atoms with Crippen LogP contribution in [0.25, 0.3) is 0 Å². The lowest BCUT2D eigenvalue weighted by molar-refractivity contribution is -0.144. The molecule has 0 aliphatic heterocycles. The number of aliphatic hydroxyl groups excluding tert-OH is 1. The molecule has 1 aliphatic carbocycles. The van der Waals surface area contributed by atoms with Crippen molar-refractivity contribution in [3.63, 3.8) is 0 Å². The van der Waals surface area contributed by atoms with Gasteiger partial charge >= 0.3 is 5.97 Å². The van der Waals surface area contributed by atoms with Gasteiger partial charge in [-0.1, -0.05) is 22.9 Å². The molecule has 0 radical (unpaired) electrons. The highest BCUT2D eigenvalue weighted by Gasteiger charge is 2.42. The summed E-state index contributed by atoms with van der Waals surface area (Å²) in [5, 5.41) is 20.1. The predicted molar refractivity (Wildman–Crippen MR) is 83.3 cm³/mol. The molecule has 116 valence electrons. The first-order valence-corrected chi connectivity index (χ1v) is 8.06. The lowest BCUT2D eigenvalue weighted by Crippen LogP contribution is -2.24. The van der Waals surface area contributed by atoms with Gasteiger partial charge < -0.3 is 14.9 Å². The predicted octanol–water partition coefficient (Wildman–Crippen LogP) is 3.63. The Labute approximate surface area is 133 Å². The molecule has 4 unspecified atom stereocenters. The number of halogens is 1. The number of carbonyl (C=O) groups is 1. The number of aliphatic carboxylic acids is 1.